The van der Waals surface area contributed by atoms with Crippen LogP contribution in [0.3, 0.4) is 0 Å². The first-order valence-electron chi connectivity index (χ1n) is 7.03. The van der Waals surface area contributed by atoms with E-state index in [9.17, 15) is 4.79 Å². The van der Waals surface area contributed by atoms with Crippen LogP contribution < -0.4 is 5.32 Å². The van der Waals surface area contributed by atoms with Crippen molar-refractivity contribution in [3.63, 3.8) is 0 Å². The third kappa shape index (κ3) is 5.18. The summed E-state index contributed by atoms with van der Waals surface area (Å²) in [5.41, 5.74) is 0.737. The van der Waals surface area contributed by atoms with E-state index >= 15 is 0 Å². The van der Waals surface area contributed by atoms with Gasteiger partial charge in [0.1, 0.15) is 5.69 Å². The molecule has 0 spiro atoms. The lowest BCUT2D eigenvalue weighted by molar-refractivity contribution is -0.118. The fourth-order valence-corrected chi connectivity index (χ4v) is 2.34. The molecule has 0 unspecified atom stereocenters. The van der Waals surface area contributed by atoms with E-state index in [-0.39, 0.29) is 5.91 Å². The highest BCUT2D eigenvalue weighted by atomic mass is 32.2. The molecule has 1 amide bonds. The Kier molecular flexibility index (Phi) is 6.21. The maximum Gasteiger partial charge on any atom is 0.230 e. The Hall–Kier alpha value is -1.89. The van der Waals surface area contributed by atoms with Crippen molar-refractivity contribution in [3.8, 4) is 11.5 Å². The van der Waals surface area contributed by atoms with Crippen molar-refractivity contribution in [3.05, 3.63) is 24.4 Å². The molecule has 0 fully saturated rings. The van der Waals surface area contributed by atoms with Crippen LogP contribution in [-0.4, -0.2) is 38.4 Å². The summed E-state index contributed by atoms with van der Waals surface area (Å²) in [5.74, 6) is 0.952. The Bertz CT molecular complexity index is 558. The fraction of sp³-hybridized carbons (Fsp3) is 0.429. The molecule has 0 bridgehead atoms. The Morgan fingerprint density at radius 3 is 3.05 bits per heavy atom. The SMILES string of the molecule is CCCCCNC(=O)CSc1n[nH]c(-c2ccccn2)n1. The van der Waals surface area contributed by atoms with Crippen LogP contribution in [0.5, 0.6) is 0 Å². The van der Waals surface area contributed by atoms with Gasteiger partial charge in [-0.1, -0.05) is 37.6 Å². The van der Waals surface area contributed by atoms with E-state index in [2.05, 4.69) is 32.4 Å². The normalized spacial score (nSPS) is 10.5. The standard InChI is InChI=1S/C14H19N5OS/c1-2-3-5-9-16-12(20)10-21-14-17-13(18-19-14)11-7-4-6-8-15-11/h4,6-8H,2-3,5,9-10H2,1H3,(H,16,20)(H,17,18,19). The van der Waals surface area contributed by atoms with Crippen LogP contribution in [0.2, 0.25) is 0 Å². The van der Waals surface area contributed by atoms with Crippen LogP contribution in [0.25, 0.3) is 11.5 Å². The van der Waals surface area contributed by atoms with Gasteiger partial charge in [0.2, 0.25) is 11.1 Å². The number of hydrogen-bond donors (Lipinski definition) is 2. The zero-order valence-corrected chi connectivity index (χ0v) is 12.8. The smallest absolute Gasteiger partial charge is 0.230 e. The van der Waals surface area contributed by atoms with Gasteiger partial charge in [-0.25, -0.2) is 0 Å². The van der Waals surface area contributed by atoms with Crippen molar-refractivity contribution in [2.24, 2.45) is 0 Å². The summed E-state index contributed by atoms with van der Waals surface area (Å²) >= 11 is 1.31. The average Bonchev–Trinajstić information content (AvgIpc) is 2.99. The number of amides is 1. The number of carbonyl (C=O) groups excluding carboxylic acids is 1. The van der Waals surface area contributed by atoms with Gasteiger partial charge in [-0.15, -0.1) is 5.10 Å². The number of pyridine rings is 1. The van der Waals surface area contributed by atoms with Gasteiger partial charge in [-0.3, -0.25) is 14.9 Å². The van der Waals surface area contributed by atoms with Crippen LogP contribution in [-0.2, 0) is 4.79 Å². The summed E-state index contributed by atoms with van der Waals surface area (Å²) in [6.45, 7) is 2.88. The van der Waals surface area contributed by atoms with E-state index < -0.39 is 0 Å². The molecule has 0 radical (unpaired) electrons. The van der Waals surface area contributed by atoms with E-state index in [0.717, 1.165) is 31.5 Å². The van der Waals surface area contributed by atoms with E-state index in [0.29, 0.717) is 16.7 Å². The van der Waals surface area contributed by atoms with Crippen molar-refractivity contribution < 1.29 is 4.79 Å². The first kappa shape index (κ1) is 15.5. The fourth-order valence-electron chi connectivity index (χ4n) is 1.71. The second-order valence-electron chi connectivity index (χ2n) is 4.53. The van der Waals surface area contributed by atoms with Gasteiger partial charge in [0.05, 0.1) is 5.75 Å². The molecule has 2 aromatic rings. The molecule has 2 aromatic heterocycles. The highest BCUT2D eigenvalue weighted by Gasteiger charge is 2.09. The van der Waals surface area contributed by atoms with Crippen LogP contribution in [0, 0.1) is 0 Å². The number of nitrogens with zero attached hydrogens (tertiary/aromatic N) is 3. The Balaban J connectivity index is 1.77. The van der Waals surface area contributed by atoms with Gasteiger partial charge in [-0.05, 0) is 18.6 Å². The number of aromatic amines is 1. The van der Waals surface area contributed by atoms with Crippen molar-refractivity contribution in [1.29, 1.82) is 0 Å². The Morgan fingerprint density at radius 1 is 1.38 bits per heavy atom. The maximum atomic E-state index is 11.6. The van der Waals surface area contributed by atoms with Gasteiger partial charge >= 0.3 is 0 Å². The molecule has 21 heavy (non-hydrogen) atoms. The van der Waals surface area contributed by atoms with Crippen molar-refractivity contribution in [2.75, 3.05) is 12.3 Å². The maximum absolute atomic E-state index is 11.6. The minimum Gasteiger partial charge on any atom is -0.355 e. The largest absolute Gasteiger partial charge is 0.355 e. The molecule has 0 aliphatic carbocycles. The summed E-state index contributed by atoms with van der Waals surface area (Å²) in [4.78, 5) is 20.2. The third-order valence-electron chi connectivity index (χ3n) is 2.81. The average molecular weight is 305 g/mol. The highest BCUT2D eigenvalue weighted by Crippen LogP contribution is 2.16. The summed E-state index contributed by atoms with van der Waals surface area (Å²) in [6.07, 6.45) is 5.02. The molecule has 2 N–H and O–H groups in total. The predicted octanol–water partition coefficient (Wildman–Crippen LogP) is 2.27. The Labute approximate surface area is 128 Å². The summed E-state index contributed by atoms with van der Waals surface area (Å²) in [6, 6.07) is 5.59. The minimum atomic E-state index is 0.0142. The monoisotopic (exact) mass is 305 g/mol. The second-order valence-corrected chi connectivity index (χ2v) is 5.47. The molecule has 0 aromatic carbocycles. The lowest BCUT2D eigenvalue weighted by atomic mass is 10.2. The minimum absolute atomic E-state index is 0.0142. The number of thioether (sulfide) groups is 1. The van der Waals surface area contributed by atoms with Gasteiger partial charge in [0.25, 0.3) is 0 Å². The van der Waals surface area contributed by atoms with E-state index in [1.165, 1.54) is 11.8 Å². The van der Waals surface area contributed by atoms with Crippen molar-refractivity contribution >= 4 is 17.7 Å². The first-order valence-corrected chi connectivity index (χ1v) is 8.01. The molecule has 0 saturated carbocycles. The lowest BCUT2D eigenvalue weighted by Gasteiger charge is -2.02. The van der Waals surface area contributed by atoms with E-state index in [1.54, 1.807) is 6.20 Å². The molecule has 0 aliphatic rings. The van der Waals surface area contributed by atoms with E-state index in [4.69, 9.17) is 0 Å². The number of H-pyrrole nitrogens is 1. The number of aromatic nitrogens is 4. The number of rotatable bonds is 8. The quantitative estimate of drug-likeness (QED) is 0.577. The van der Waals surface area contributed by atoms with Crippen LogP contribution >= 0.6 is 11.8 Å². The van der Waals surface area contributed by atoms with Gasteiger partial charge in [0.15, 0.2) is 5.82 Å². The molecule has 112 valence electrons. The number of hydrogen-bond acceptors (Lipinski definition) is 5. The molecule has 0 aliphatic heterocycles. The molecule has 7 heteroatoms. The van der Waals surface area contributed by atoms with Crippen molar-refractivity contribution in [2.45, 2.75) is 31.3 Å². The zero-order chi connectivity index (χ0) is 14.9. The van der Waals surface area contributed by atoms with Gasteiger partial charge in [0, 0.05) is 12.7 Å². The van der Waals surface area contributed by atoms with Crippen molar-refractivity contribution in [1.82, 2.24) is 25.5 Å². The highest BCUT2D eigenvalue weighted by molar-refractivity contribution is 7.99. The number of carbonyl (C=O) groups is 1. The molecule has 2 rings (SSSR count). The molecule has 6 nitrogen and oxygen atoms in total. The van der Waals surface area contributed by atoms with Crippen LogP contribution in [0.4, 0.5) is 0 Å². The second kappa shape index (κ2) is 8.41. The summed E-state index contributed by atoms with van der Waals surface area (Å²) in [7, 11) is 0. The molecular weight excluding hydrogens is 286 g/mol. The Morgan fingerprint density at radius 2 is 2.29 bits per heavy atom. The van der Waals surface area contributed by atoms with Crippen LogP contribution in [0.15, 0.2) is 29.6 Å². The number of unbranched alkanes of at least 4 members (excludes halogenated alkanes) is 2. The zero-order valence-electron chi connectivity index (χ0n) is 12.0. The van der Waals surface area contributed by atoms with Crippen LogP contribution in [0.1, 0.15) is 26.2 Å². The molecular formula is C14H19N5OS. The van der Waals surface area contributed by atoms with E-state index in [1.807, 2.05) is 18.2 Å². The first-order chi connectivity index (χ1) is 10.3. The molecule has 0 atom stereocenters. The summed E-state index contributed by atoms with van der Waals surface area (Å²) < 4.78 is 0. The van der Waals surface area contributed by atoms with Gasteiger partial charge in [-0.2, -0.15) is 4.98 Å². The molecule has 2 heterocycles. The topological polar surface area (TPSA) is 83.6 Å². The predicted molar refractivity (Wildman–Crippen MR) is 82.9 cm³/mol. The molecule has 0 saturated heterocycles. The van der Waals surface area contributed by atoms with Gasteiger partial charge < -0.3 is 5.32 Å². The number of nitrogens with one attached hydrogen (secondary N) is 2. The lowest BCUT2D eigenvalue weighted by Crippen LogP contribution is -2.26. The summed E-state index contributed by atoms with van der Waals surface area (Å²) in [5, 5.41) is 10.4. The third-order valence-corrected chi connectivity index (χ3v) is 3.65.